The van der Waals surface area contributed by atoms with Gasteiger partial charge in [0.1, 0.15) is 22.3 Å². The number of nitrogens with zero attached hydrogens (tertiary/aromatic N) is 3. The first-order chi connectivity index (χ1) is 30.7. The second-order valence-corrected chi connectivity index (χ2v) is 15.8. The SMILES string of the molecule is c1ccc(-c2ccc(-c3ccc(-c4nc(-c5ccc6ccc7ccccc7c6c5)nc(-c5cccc6c5oc5ccccc56)n4)c4c3oc3ccccc34)c3ccccc23)cc1. The van der Waals surface area contributed by atoms with Gasteiger partial charge in [0, 0.05) is 38.2 Å². The number of furan rings is 2. The smallest absolute Gasteiger partial charge is 0.167 e. The Hall–Kier alpha value is -8.41. The Labute approximate surface area is 355 Å². The largest absolute Gasteiger partial charge is 0.455 e. The van der Waals surface area contributed by atoms with E-state index in [1.807, 2.05) is 36.4 Å². The van der Waals surface area contributed by atoms with Crippen molar-refractivity contribution < 1.29 is 8.83 Å². The van der Waals surface area contributed by atoms with Crippen molar-refractivity contribution in [1.82, 2.24) is 15.0 Å². The van der Waals surface area contributed by atoms with E-state index in [0.29, 0.717) is 17.5 Å². The number of aromatic nitrogens is 3. The van der Waals surface area contributed by atoms with Crippen LogP contribution in [0.2, 0.25) is 0 Å². The fraction of sp³-hybridized carbons (Fsp3) is 0. The van der Waals surface area contributed by atoms with Gasteiger partial charge in [-0.1, -0.05) is 164 Å². The van der Waals surface area contributed by atoms with Crippen LogP contribution >= 0.6 is 0 Å². The summed E-state index contributed by atoms with van der Waals surface area (Å²) >= 11 is 0. The van der Waals surface area contributed by atoms with Crippen molar-refractivity contribution in [3.8, 4) is 56.4 Å². The topological polar surface area (TPSA) is 65.0 Å². The van der Waals surface area contributed by atoms with Crippen LogP contribution in [0.3, 0.4) is 0 Å². The lowest BCUT2D eigenvalue weighted by Gasteiger charge is -2.14. The molecule has 0 aliphatic heterocycles. The van der Waals surface area contributed by atoms with Gasteiger partial charge in [0.25, 0.3) is 0 Å². The average Bonchev–Trinajstić information content (AvgIpc) is 3.93. The van der Waals surface area contributed by atoms with Crippen LogP contribution in [0.15, 0.2) is 209 Å². The van der Waals surface area contributed by atoms with Gasteiger partial charge >= 0.3 is 0 Å². The molecule has 0 atom stereocenters. The molecular formula is C57H33N3O2. The van der Waals surface area contributed by atoms with Crippen molar-refractivity contribution in [2.24, 2.45) is 0 Å². The molecule has 0 unspecified atom stereocenters. The summed E-state index contributed by atoms with van der Waals surface area (Å²) in [6.07, 6.45) is 0. The molecule has 62 heavy (non-hydrogen) atoms. The summed E-state index contributed by atoms with van der Waals surface area (Å²) in [6, 6.07) is 69.8. The molecule has 5 nitrogen and oxygen atoms in total. The number of benzene rings is 10. The van der Waals surface area contributed by atoms with Gasteiger partial charge in [-0.25, -0.2) is 15.0 Å². The van der Waals surface area contributed by atoms with Gasteiger partial charge in [0.15, 0.2) is 17.5 Å². The van der Waals surface area contributed by atoms with Crippen molar-refractivity contribution in [3.05, 3.63) is 200 Å². The van der Waals surface area contributed by atoms with Crippen LogP contribution in [0.4, 0.5) is 0 Å². The summed E-state index contributed by atoms with van der Waals surface area (Å²) in [5.74, 6) is 1.64. The van der Waals surface area contributed by atoms with E-state index in [1.54, 1.807) is 0 Å². The second-order valence-electron chi connectivity index (χ2n) is 15.8. The Morgan fingerprint density at radius 1 is 0.274 bits per heavy atom. The van der Waals surface area contributed by atoms with E-state index < -0.39 is 0 Å². The maximum Gasteiger partial charge on any atom is 0.167 e. The van der Waals surface area contributed by atoms with Crippen LogP contribution < -0.4 is 0 Å². The monoisotopic (exact) mass is 791 g/mol. The maximum absolute atomic E-state index is 6.89. The summed E-state index contributed by atoms with van der Waals surface area (Å²) in [5.41, 5.74) is 10.1. The van der Waals surface area contributed by atoms with E-state index in [-0.39, 0.29) is 0 Å². The number of para-hydroxylation sites is 3. The van der Waals surface area contributed by atoms with Gasteiger partial charge in [-0.15, -0.1) is 0 Å². The summed E-state index contributed by atoms with van der Waals surface area (Å²) in [7, 11) is 0. The van der Waals surface area contributed by atoms with Crippen LogP contribution in [0.5, 0.6) is 0 Å². The van der Waals surface area contributed by atoms with Gasteiger partial charge in [0.05, 0.1) is 5.56 Å². The number of hydrogen-bond acceptors (Lipinski definition) is 5. The van der Waals surface area contributed by atoms with Crippen LogP contribution in [0.1, 0.15) is 0 Å². The summed E-state index contributed by atoms with van der Waals surface area (Å²) in [4.78, 5) is 16.0. The summed E-state index contributed by atoms with van der Waals surface area (Å²) < 4.78 is 13.5. The molecule has 13 aromatic rings. The lowest BCUT2D eigenvalue weighted by atomic mass is 9.90. The van der Waals surface area contributed by atoms with E-state index >= 15 is 0 Å². The first-order valence-corrected chi connectivity index (χ1v) is 20.8. The van der Waals surface area contributed by atoms with E-state index in [0.717, 1.165) is 87.9 Å². The molecule has 3 heterocycles. The highest BCUT2D eigenvalue weighted by atomic mass is 16.3. The highest BCUT2D eigenvalue weighted by Gasteiger charge is 2.23. The van der Waals surface area contributed by atoms with Crippen molar-refractivity contribution in [1.29, 1.82) is 0 Å². The number of fused-ring (bicyclic) bond motifs is 10. The minimum absolute atomic E-state index is 0.528. The molecule has 0 fully saturated rings. The highest BCUT2D eigenvalue weighted by molar-refractivity contribution is 6.18. The first kappa shape index (κ1) is 34.5. The molecule has 0 amide bonds. The Balaban J connectivity index is 1.08. The van der Waals surface area contributed by atoms with Crippen molar-refractivity contribution in [2.45, 2.75) is 0 Å². The van der Waals surface area contributed by atoms with E-state index in [4.69, 9.17) is 23.8 Å². The molecule has 5 heteroatoms. The predicted molar refractivity (Wildman–Crippen MR) is 254 cm³/mol. The minimum Gasteiger partial charge on any atom is -0.455 e. The molecule has 10 aromatic carbocycles. The zero-order chi connectivity index (χ0) is 40.7. The normalized spacial score (nSPS) is 11.9. The molecule has 0 radical (unpaired) electrons. The molecule has 13 rings (SSSR count). The molecule has 288 valence electrons. The zero-order valence-electron chi connectivity index (χ0n) is 33.2. The second kappa shape index (κ2) is 13.6. The molecule has 0 saturated heterocycles. The third-order valence-electron chi connectivity index (χ3n) is 12.4. The van der Waals surface area contributed by atoms with Crippen LogP contribution in [-0.4, -0.2) is 15.0 Å². The lowest BCUT2D eigenvalue weighted by molar-refractivity contribution is 0.669. The van der Waals surface area contributed by atoms with Crippen LogP contribution in [-0.2, 0) is 0 Å². The molecule has 0 spiro atoms. The third-order valence-corrected chi connectivity index (χ3v) is 12.4. The summed E-state index contributed by atoms with van der Waals surface area (Å²) in [6.45, 7) is 0. The van der Waals surface area contributed by atoms with Crippen LogP contribution in [0, 0.1) is 0 Å². The van der Waals surface area contributed by atoms with E-state index in [1.165, 1.54) is 27.3 Å². The van der Waals surface area contributed by atoms with E-state index in [2.05, 4.69) is 164 Å². The fourth-order valence-electron chi connectivity index (χ4n) is 9.44. The molecule has 0 saturated carbocycles. The Morgan fingerprint density at radius 2 is 0.823 bits per heavy atom. The van der Waals surface area contributed by atoms with Crippen LogP contribution in [0.25, 0.3) is 133 Å². The van der Waals surface area contributed by atoms with Crippen molar-refractivity contribution in [3.63, 3.8) is 0 Å². The Bertz CT molecular complexity index is 3940. The maximum atomic E-state index is 6.89. The molecule has 0 N–H and O–H groups in total. The van der Waals surface area contributed by atoms with Gasteiger partial charge < -0.3 is 8.83 Å². The summed E-state index contributed by atoms with van der Waals surface area (Å²) in [5, 5.41) is 11.0. The average molecular weight is 792 g/mol. The van der Waals surface area contributed by atoms with Crippen molar-refractivity contribution >= 4 is 76.2 Å². The van der Waals surface area contributed by atoms with E-state index in [9.17, 15) is 0 Å². The Morgan fingerprint density at radius 3 is 1.65 bits per heavy atom. The van der Waals surface area contributed by atoms with Gasteiger partial charge in [-0.05, 0) is 85.4 Å². The lowest BCUT2D eigenvalue weighted by Crippen LogP contribution is -2.01. The molecule has 3 aromatic heterocycles. The fourth-order valence-corrected chi connectivity index (χ4v) is 9.44. The van der Waals surface area contributed by atoms with Gasteiger partial charge in [-0.3, -0.25) is 0 Å². The zero-order valence-corrected chi connectivity index (χ0v) is 33.2. The standard InChI is InChI=1S/C57H33N3O2/c1-2-13-34(14-3-1)39-29-30-42(41-18-7-6-17-40(39)41)45-31-32-47(52-46-20-9-11-24-51(46)62-54(45)52)56-58-55(37-28-27-36-26-25-35-15-4-5-16-38(35)49(36)33-37)59-57(60-56)48-22-12-21-44-43-19-8-10-23-50(43)61-53(44)48/h1-33H. The third kappa shape index (κ3) is 5.32. The quantitative estimate of drug-likeness (QED) is 0.162. The van der Waals surface area contributed by atoms with Gasteiger partial charge in [0.2, 0.25) is 0 Å². The van der Waals surface area contributed by atoms with Crippen molar-refractivity contribution in [2.75, 3.05) is 0 Å². The minimum atomic E-state index is 0.528. The highest BCUT2D eigenvalue weighted by Crippen LogP contribution is 2.45. The number of rotatable bonds is 5. The van der Waals surface area contributed by atoms with Gasteiger partial charge in [-0.2, -0.15) is 0 Å². The number of hydrogen-bond donors (Lipinski definition) is 0. The predicted octanol–water partition coefficient (Wildman–Crippen LogP) is 15.5. The molecule has 0 bridgehead atoms. The molecule has 0 aliphatic carbocycles. The molecular weight excluding hydrogens is 759 g/mol. The molecule has 0 aliphatic rings. The first-order valence-electron chi connectivity index (χ1n) is 20.8. The Kier molecular flexibility index (Phi) is 7.54.